The third-order valence-corrected chi connectivity index (χ3v) is 4.18. The average molecular weight is 371 g/mol. The third kappa shape index (κ3) is 3.78. The standard InChI is InChI=1S/C23H17NO4/c1-15-10-11-21-19(12-15)20(25)14-22(28-21)23(26)24-16-6-5-9-18(13-16)27-17-7-3-2-4-8-17/h2-14H,1H3,(H,24,26). The lowest BCUT2D eigenvalue weighted by Crippen LogP contribution is -2.15. The second-order valence-electron chi connectivity index (χ2n) is 6.37. The van der Waals surface area contributed by atoms with Gasteiger partial charge in [-0.1, -0.05) is 35.9 Å². The molecule has 138 valence electrons. The summed E-state index contributed by atoms with van der Waals surface area (Å²) >= 11 is 0. The van der Waals surface area contributed by atoms with Gasteiger partial charge in [0.2, 0.25) is 0 Å². The Kier molecular flexibility index (Phi) is 4.64. The minimum atomic E-state index is -0.503. The number of amides is 1. The van der Waals surface area contributed by atoms with Gasteiger partial charge in [-0.25, -0.2) is 0 Å². The van der Waals surface area contributed by atoms with Crippen LogP contribution in [0, 0.1) is 6.92 Å². The molecule has 4 rings (SSSR count). The van der Waals surface area contributed by atoms with Crippen molar-refractivity contribution in [3.8, 4) is 11.5 Å². The molecule has 5 nitrogen and oxygen atoms in total. The molecule has 1 amide bonds. The fourth-order valence-corrected chi connectivity index (χ4v) is 2.84. The van der Waals surface area contributed by atoms with E-state index in [4.69, 9.17) is 9.15 Å². The molecule has 0 unspecified atom stereocenters. The Morgan fingerprint density at radius 3 is 2.50 bits per heavy atom. The van der Waals surface area contributed by atoms with Crippen LogP contribution in [0.1, 0.15) is 16.1 Å². The normalized spacial score (nSPS) is 10.6. The van der Waals surface area contributed by atoms with Crippen LogP contribution >= 0.6 is 0 Å². The first-order valence-corrected chi connectivity index (χ1v) is 8.77. The maximum Gasteiger partial charge on any atom is 0.291 e. The largest absolute Gasteiger partial charge is 0.457 e. The Hall–Kier alpha value is -3.86. The van der Waals surface area contributed by atoms with Gasteiger partial charge >= 0.3 is 0 Å². The van der Waals surface area contributed by atoms with Gasteiger partial charge in [0.1, 0.15) is 17.1 Å². The number of anilines is 1. The number of nitrogens with one attached hydrogen (secondary N) is 1. The molecule has 4 aromatic rings. The lowest BCUT2D eigenvalue weighted by Gasteiger charge is -2.09. The molecule has 0 saturated heterocycles. The quantitative estimate of drug-likeness (QED) is 0.539. The Morgan fingerprint density at radius 1 is 0.893 bits per heavy atom. The summed E-state index contributed by atoms with van der Waals surface area (Å²) in [5.74, 6) is 0.730. The molecule has 1 aromatic heterocycles. The molecule has 0 spiro atoms. The minimum Gasteiger partial charge on any atom is -0.457 e. The predicted octanol–water partition coefficient (Wildman–Crippen LogP) is 5.15. The predicted molar refractivity (Wildman–Crippen MR) is 108 cm³/mol. The molecule has 0 fully saturated rings. The van der Waals surface area contributed by atoms with Gasteiger partial charge in [-0.2, -0.15) is 0 Å². The molecule has 0 aliphatic heterocycles. The maximum atomic E-state index is 12.6. The van der Waals surface area contributed by atoms with Gasteiger partial charge in [-0.15, -0.1) is 0 Å². The first-order valence-electron chi connectivity index (χ1n) is 8.77. The van der Waals surface area contributed by atoms with Crippen LogP contribution in [-0.4, -0.2) is 5.91 Å². The molecule has 1 N–H and O–H groups in total. The van der Waals surface area contributed by atoms with Crippen LogP contribution in [0.4, 0.5) is 5.69 Å². The number of para-hydroxylation sites is 1. The molecule has 0 atom stereocenters. The number of carbonyl (C=O) groups excluding carboxylic acids is 1. The van der Waals surface area contributed by atoms with E-state index in [1.807, 2.05) is 43.3 Å². The zero-order valence-electron chi connectivity index (χ0n) is 15.1. The van der Waals surface area contributed by atoms with Crippen molar-refractivity contribution in [1.82, 2.24) is 0 Å². The lowest BCUT2D eigenvalue weighted by atomic mass is 10.1. The SMILES string of the molecule is Cc1ccc2oc(C(=O)Nc3cccc(Oc4ccccc4)c3)cc(=O)c2c1. The average Bonchev–Trinajstić information content (AvgIpc) is 2.69. The summed E-state index contributed by atoms with van der Waals surface area (Å²) in [4.78, 5) is 24.9. The number of hydrogen-bond acceptors (Lipinski definition) is 4. The van der Waals surface area contributed by atoms with E-state index in [-0.39, 0.29) is 11.2 Å². The second kappa shape index (κ2) is 7.40. The highest BCUT2D eigenvalue weighted by Crippen LogP contribution is 2.24. The maximum absolute atomic E-state index is 12.6. The van der Waals surface area contributed by atoms with Crippen LogP contribution in [0.25, 0.3) is 11.0 Å². The number of ether oxygens (including phenoxy) is 1. The van der Waals surface area contributed by atoms with Crippen LogP contribution in [0.2, 0.25) is 0 Å². The topological polar surface area (TPSA) is 68.5 Å². The smallest absolute Gasteiger partial charge is 0.291 e. The number of fused-ring (bicyclic) bond motifs is 1. The van der Waals surface area contributed by atoms with Crippen LogP contribution in [0.15, 0.2) is 88.1 Å². The van der Waals surface area contributed by atoms with E-state index >= 15 is 0 Å². The van der Waals surface area contributed by atoms with Crippen molar-refractivity contribution in [2.45, 2.75) is 6.92 Å². The fourth-order valence-electron chi connectivity index (χ4n) is 2.84. The minimum absolute atomic E-state index is 0.0456. The van der Waals surface area contributed by atoms with Gasteiger partial charge in [0.25, 0.3) is 5.91 Å². The van der Waals surface area contributed by atoms with Crippen molar-refractivity contribution in [1.29, 1.82) is 0 Å². The number of rotatable bonds is 4. The van der Waals surface area contributed by atoms with E-state index < -0.39 is 5.91 Å². The fraction of sp³-hybridized carbons (Fsp3) is 0.0435. The Bertz CT molecular complexity index is 1210. The van der Waals surface area contributed by atoms with Crippen molar-refractivity contribution in [3.63, 3.8) is 0 Å². The number of carbonyl (C=O) groups is 1. The summed E-state index contributed by atoms with van der Waals surface area (Å²) in [6.45, 7) is 1.89. The number of aryl methyl sites for hydroxylation is 1. The van der Waals surface area contributed by atoms with Gasteiger partial charge in [0, 0.05) is 17.8 Å². The summed E-state index contributed by atoms with van der Waals surface area (Å²) in [5, 5.41) is 3.19. The van der Waals surface area contributed by atoms with Crippen molar-refractivity contribution in [2.75, 3.05) is 5.32 Å². The Labute approximate surface area is 161 Å². The Balaban J connectivity index is 1.57. The van der Waals surface area contributed by atoms with Crippen molar-refractivity contribution < 1.29 is 13.9 Å². The highest BCUT2D eigenvalue weighted by molar-refractivity contribution is 6.03. The van der Waals surface area contributed by atoms with Gasteiger partial charge in [-0.3, -0.25) is 9.59 Å². The van der Waals surface area contributed by atoms with Crippen molar-refractivity contribution >= 4 is 22.6 Å². The molecule has 28 heavy (non-hydrogen) atoms. The van der Waals surface area contributed by atoms with E-state index in [0.29, 0.717) is 28.2 Å². The van der Waals surface area contributed by atoms with Gasteiger partial charge in [-0.05, 0) is 43.3 Å². The Morgan fingerprint density at radius 2 is 1.68 bits per heavy atom. The molecule has 0 aliphatic rings. The van der Waals surface area contributed by atoms with Crippen LogP contribution < -0.4 is 15.5 Å². The molecule has 1 heterocycles. The monoisotopic (exact) mass is 371 g/mol. The molecule has 0 saturated carbocycles. The molecule has 5 heteroatoms. The lowest BCUT2D eigenvalue weighted by molar-refractivity contribution is 0.0997. The number of benzene rings is 3. The van der Waals surface area contributed by atoms with Crippen LogP contribution in [0.3, 0.4) is 0 Å². The summed E-state index contributed by atoms with van der Waals surface area (Å²) in [7, 11) is 0. The summed E-state index contributed by atoms with van der Waals surface area (Å²) in [6, 6.07) is 22.8. The molecule has 0 bridgehead atoms. The van der Waals surface area contributed by atoms with Crippen LogP contribution in [-0.2, 0) is 0 Å². The van der Waals surface area contributed by atoms with E-state index in [2.05, 4.69) is 5.32 Å². The zero-order valence-corrected chi connectivity index (χ0v) is 15.1. The van der Waals surface area contributed by atoms with Crippen LogP contribution in [0.5, 0.6) is 11.5 Å². The van der Waals surface area contributed by atoms with Gasteiger partial charge < -0.3 is 14.5 Å². The molecular weight excluding hydrogens is 354 g/mol. The van der Waals surface area contributed by atoms with Crippen molar-refractivity contribution in [3.05, 3.63) is 100 Å². The molecule has 0 radical (unpaired) electrons. The highest BCUT2D eigenvalue weighted by atomic mass is 16.5. The van der Waals surface area contributed by atoms with E-state index in [0.717, 1.165) is 5.56 Å². The van der Waals surface area contributed by atoms with Crippen molar-refractivity contribution in [2.24, 2.45) is 0 Å². The molecular formula is C23H17NO4. The first kappa shape index (κ1) is 17.5. The zero-order chi connectivity index (χ0) is 19.5. The number of hydrogen-bond donors (Lipinski definition) is 1. The van der Waals surface area contributed by atoms with Gasteiger partial charge in [0.05, 0.1) is 5.39 Å². The van der Waals surface area contributed by atoms with E-state index in [1.54, 1.807) is 36.4 Å². The van der Waals surface area contributed by atoms with E-state index in [9.17, 15) is 9.59 Å². The molecule has 0 aliphatic carbocycles. The van der Waals surface area contributed by atoms with Gasteiger partial charge in [0.15, 0.2) is 11.2 Å². The summed E-state index contributed by atoms with van der Waals surface area (Å²) in [6.07, 6.45) is 0. The molecule has 3 aromatic carbocycles. The summed E-state index contributed by atoms with van der Waals surface area (Å²) in [5.41, 5.74) is 1.61. The third-order valence-electron chi connectivity index (χ3n) is 4.18. The highest BCUT2D eigenvalue weighted by Gasteiger charge is 2.13. The first-order chi connectivity index (χ1) is 13.6. The van der Waals surface area contributed by atoms with E-state index in [1.165, 1.54) is 6.07 Å². The second-order valence-corrected chi connectivity index (χ2v) is 6.37. The summed E-state index contributed by atoms with van der Waals surface area (Å²) < 4.78 is 11.4.